The number of ether oxygens (including phenoxy) is 1. The second-order valence-electron chi connectivity index (χ2n) is 7.56. The van der Waals surface area contributed by atoms with Gasteiger partial charge in [-0.25, -0.2) is 4.98 Å². The number of carbonyl (C=O) groups excluding carboxylic acids is 2. The summed E-state index contributed by atoms with van der Waals surface area (Å²) in [4.78, 5) is 28.8. The van der Waals surface area contributed by atoms with Gasteiger partial charge >= 0.3 is 0 Å². The molecule has 0 aliphatic heterocycles. The van der Waals surface area contributed by atoms with Crippen molar-refractivity contribution in [1.29, 1.82) is 0 Å². The smallest absolute Gasteiger partial charge is 0.257 e. The number of hydrogen-bond donors (Lipinski definition) is 1. The van der Waals surface area contributed by atoms with Gasteiger partial charge in [-0.05, 0) is 55.5 Å². The number of anilines is 1. The highest BCUT2D eigenvalue weighted by Gasteiger charge is 2.15. The van der Waals surface area contributed by atoms with Gasteiger partial charge in [0.1, 0.15) is 11.5 Å². The number of carboxylic acids is 1. The van der Waals surface area contributed by atoms with E-state index in [0.29, 0.717) is 28.8 Å². The van der Waals surface area contributed by atoms with E-state index in [1.807, 2.05) is 37.3 Å². The number of carboxylic acid groups (broad SMARTS) is 1. The van der Waals surface area contributed by atoms with Gasteiger partial charge in [0.05, 0.1) is 34.5 Å². The normalized spacial score (nSPS) is 10.7. The molecule has 1 heterocycles. The van der Waals surface area contributed by atoms with Gasteiger partial charge in [0.15, 0.2) is 0 Å². The van der Waals surface area contributed by atoms with Crippen LogP contribution in [0.4, 0.5) is 5.69 Å². The number of nitrogens with one attached hydrogen (secondary N) is 1. The number of oxazole rings is 1. The van der Waals surface area contributed by atoms with Gasteiger partial charge in [0.25, 0.3) is 5.91 Å². The van der Waals surface area contributed by atoms with E-state index in [2.05, 4.69) is 10.3 Å². The molecule has 0 saturated carbocycles. The van der Waals surface area contributed by atoms with Crippen LogP contribution in [0.2, 0.25) is 10.0 Å². The minimum Gasteiger partial charge on any atom is -0.545 e. The number of amides is 1. The highest BCUT2D eigenvalue weighted by Crippen LogP contribution is 2.26. The molecule has 3 aromatic carbocycles. The molecule has 4 rings (SSSR count). The van der Waals surface area contributed by atoms with Crippen molar-refractivity contribution < 1.29 is 23.8 Å². The number of hydrogen-bond acceptors (Lipinski definition) is 6. The Bertz CT molecular complexity index is 1390. The molecule has 0 spiro atoms. The lowest BCUT2D eigenvalue weighted by Gasteiger charge is -2.15. The predicted molar refractivity (Wildman–Crippen MR) is 131 cm³/mol. The van der Waals surface area contributed by atoms with E-state index in [-0.39, 0.29) is 28.4 Å². The van der Waals surface area contributed by atoms with Gasteiger partial charge < -0.3 is 24.4 Å². The van der Waals surface area contributed by atoms with Crippen molar-refractivity contribution in [3.8, 4) is 17.2 Å². The van der Waals surface area contributed by atoms with E-state index in [4.69, 9.17) is 32.4 Å². The van der Waals surface area contributed by atoms with Crippen molar-refractivity contribution in [1.82, 2.24) is 4.98 Å². The fourth-order valence-corrected chi connectivity index (χ4v) is 3.88. The lowest BCUT2D eigenvalue weighted by molar-refractivity contribution is -0.254. The fraction of sp³-hybridized carbons (Fsp3) is 0.115. The first-order chi connectivity index (χ1) is 16.8. The fourth-order valence-electron chi connectivity index (χ4n) is 3.38. The monoisotopic (exact) mass is 509 g/mol. The summed E-state index contributed by atoms with van der Waals surface area (Å²) < 4.78 is 11.5. The van der Waals surface area contributed by atoms with Crippen molar-refractivity contribution in [2.75, 3.05) is 11.9 Å². The van der Waals surface area contributed by atoms with Crippen molar-refractivity contribution in [3.63, 3.8) is 0 Å². The highest BCUT2D eigenvalue weighted by molar-refractivity contribution is 6.37. The Morgan fingerprint density at radius 3 is 2.51 bits per heavy atom. The van der Waals surface area contributed by atoms with E-state index >= 15 is 0 Å². The Morgan fingerprint density at radius 2 is 1.80 bits per heavy atom. The SMILES string of the molecule is Cc1oc(-c2ccccc2)nc1CCOc1ccc(NC(=O)c2ccc(Cl)cc2Cl)c(C(=O)[O-])c1. The van der Waals surface area contributed by atoms with Gasteiger partial charge in [-0.1, -0.05) is 41.4 Å². The summed E-state index contributed by atoms with van der Waals surface area (Å²) in [5.74, 6) is -0.539. The maximum Gasteiger partial charge on any atom is 0.257 e. The largest absolute Gasteiger partial charge is 0.545 e. The lowest BCUT2D eigenvalue weighted by atomic mass is 10.1. The minimum atomic E-state index is -1.46. The summed E-state index contributed by atoms with van der Waals surface area (Å²) in [6.45, 7) is 2.06. The first-order valence-corrected chi connectivity index (χ1v) is 11.3. The molecule has 0 aliphatic rings. The lowest BCUT2D eigenvalue weighted by Crippen LogP contribution is -2.25. The van der Waals surface area contributed by atoms with Crippen LogP contribution in [-0.2, 0) is 6.42 Å². The Morgan fingerprint density at radius 1 is 1.03 bits per heavy atom. The quantitative estimate of drug-likeness (QED) is 0.350. The van der Waals surface area contributed by atoms with E-state index in [1.165, 1.54) is 30.3 Å². The van der Waals surface area contributed by atoms with Gasteiger partial charge in [0, 0.05) is 22.6 Å². The van der Waals surface area contributed by atoms with E-state index in [1.54, 1.807) is 6.07 Å². The first-order valence-electron chi connectivity index (χ1n) is 10.6. The second-order valence-corrected chi connectivity index (χ2v) is 8.40. The Hall–Kier alpha value is -3.81. The van der Waals surface area contributed by atoms with E-state index in [9.17, 15) is 14.7 Å². The Labute approximate surface area is 211 Å². The summed E-state index contributed by atoms with van der Waals surface area (Å²) in [5.41, 5.74) is 1.59. The molecule has 1 aromatic heterocycles. The number of benzene rings is 3. The maximum atomic E-state index is 12.6. The molecule has 178 valence electrons. The van der Waals surface area contributed by atoms with Crippen LogP contribution in [-0.4, -0.2) is 23.5 Å². The Kier molecular flexibility index (Phi) is 7.39. The maximum absolute atomic E-state index is 12.6. The van der Waals surface area contributed by atoms with E-state index in [0.717, 1.165) is 11.3 Å². The molecule has 0 bridgehead atoms. The summed E-state index contributed by atoms with van der Waals surface area (Å²) in [6.07, 6.45) is 0.455. The molecule has 0 atom stereocenters. The van der Waals surface area contributed by atoms with Crippen molar-refractivity contribution in [2.24, 2.45) is 0 Å². The zero-order valence-electron chi connectivity index (χ0n) is 18.5. The van der Waals surface area contributed by atoms with Gasteiger partial charge in [-0.15, -0.1) is 0 Å². The third-order valence-electron chi connectivity index (χ3n) is 5.16. The zero-order valence-corrected chi connectivity index (χ0v) is 20.0. The van der Waals surface area contributed by atoms with Crippen LogP contribution < -0.4 is 15.2 Å². The molecule has 0 unspecified atom stereocenters. The van der Waals surface area contributed by atoms with Gasteiger partial charge in [-0.3, -0.25) is 4.79 Å². The van der Waals surface area contributed by atoms with Crippen LogP contribution in [0.1, 0.15) is 32.2 Å². The molecule has 9 heteroatoms. The van der Waals surface area contributed by atoms with Crippen LogP contribution >= 0.6 is 23.2 Å². The van der Waals surface area contributed by atoms with E-state index < -0.39 is 11.9 Å². The number of carbonyl (C=O) groups is 2. The molecule has 4 aromatic rings. The zero-order chi connectivity index (χ0) is 24.9. The summed E-state index contributed by atoms with van der Waals surface area (Å²) in [5, 5.41) is 14.8. The third-order valence-corrected chi connectivity index (χ3v) is 5.70. The molecule has 35 heavy (non-hydrogen) atoms. The van der Waals surface area contributed by atoms with Crippen LogP contribution in [0.25, 0.3) is 11.5 Å². The number of nitrogens with zero attached hydrogens (tertiary/aromatic N) is 1. The molecule has 0 saturated heterocycles. The molecule has 0 radical (unpaired) electrons. The second kappa shape index (κ2) is 10.6. The molecular weight excluding hydrogens is 491 g/mol. The predicted octanol–water partition coefficient (Wildman–Crippen LogP) is 5.19. The molecule has 0 fully saturated rings. The molecular formula is C26H19Cl2N2O5-. The number of aromatic carboxylic acids is 1. The average molecular weight is 510 g/mol. The van der Waals surface area contributed by atoms with Crippen LogP contribution in [0.15, 0.2) is 71.1 Å². The number of aromatic nitrogens is 1. The first kappa shape index (κ1) is 24.3. The summed E-state index contributed by atoms with van der Waals surface area (Å²) in [7, 11) is 0. The average Bonchev–Trinajstić information content (AvgIpc) is 3.20. The van der Waals surface area contributed by atoms with Crippen LogP contribution in [0, 0.1) is 6.92 Å². The third kappa shape index (κ3) is 5.82. The van der Waals surface area contributed by atoms with Gasteiger partial charge in [-0.2, -0.15) is 0 Å². The van der Waals surface area contributed by atoms with Crippen molar-refractivity contribution in [2.45, 2.75) is 13.3 Å². The standard InChI is InChI=1S/C26H20Cl2N2O5/c1-15-22(30-25(35-15)16-5-3-2-4-6-16)11-12-34-18-8-10-23(20(14-18)26(32)33)29-24(31)19-9-7-17(27)13-21(19)28/h2-10,13-14H,11-12H2,1H3,(H,29,31)(H,32,33)/p-1. The summed E-state index contributed by atoms with van der Waals surface area (Å²) in [6, 6.07) is 18.2. The molecule has 7 nitrogen and oxygen atoms in total. The van der Waals surface area contributed by atoms with Crippen LogP contribution in [0.5, 0.6) is 5.75 Å². The minimum absolute atomic E-state index is 0.0493. The molecule has 0 aliphatic carbocycles. The Balaban J connectivity index is 1.43. The summed E-state index contributed by atoms with van der Waals surface area (Å²) >= 11 is 11.9. The molecule has 1 amide bonds. The topological polar surface area (TPSA) is 104 Å². The van der Waals surface area contributed by atoms with Crippen LogP contribution in [0.3, 0.4) is 0 Å². The number of aryl methyl sites for hydroxylation is 1. The molecule has 1 N–H and O–H groups in total. The number of rotatable bonds is 8. The van der Waals surface area contributed by atoms with Crippen molar-refractivity contribution in [3.05, 3.63) is 99.4 Å². The highest BCUT2D eigenvalue weighted by atomic mass is 35.5. The number of halogens is 2. The van der Waals surface area contributed by atoms with Gasteiger partial charge in [0.2, 0.25) is 5.89 Å². The van der Waals surface area contributed by atoms with Crippen molar-refractivity contribution >= 4 is 40.8 Å².